The van der Waals surface area contributed by atoms with Crippen LogP contribution >= 0.6 is 11.3 Å². The van der Waals surface area contributed by atoms with Gasteiger partial charge in [-0.1, -0.05) is 43.7 Å². The van der Waals surface area contributed by atoms with Crippen molar-refractivity contribution >= 4 is 11.3 Å². The summed E-state index contributed by atoms with van der Waals surface area (Å²) in [5, 5.41) is 2.19. The van der Waals surface area contributed by atoms with Gasteiger partial charge < -0.3 is 0 Å². The van der Waals surface area contributed by atoms with Crippen molar-refractivity contribution in [2.45, 2.75) is 19.8 Å². The summed E-state index contributed by atoms with van der Waals surface area (Å²) in [6.07, 6.45) is 2.41. The van der Waals surface area contributed by atoms with Crippen LogP contribution in [0.1, 0.15) is 18.9 Å². The van der Waals surface area contributed by atoms with Crippen LogP contribution in [0.2, 0.25) is 0 Å². The number of aryl methyl sites for hydroxylation is 1. The lowest BCUT2D eigenvalue weighted by Crippen LogP contribution is -1.82. The SMILES string of the molecule is CCCc1ccsc1-c1ccccc1. The van der Waals surface area contributed by atoms with E-state index in [1.165, 1.54) is 28.8 Å². The first-order chi connectivity index (χ1) is 6.92. The zero-order valence-corrected chi connectivity index (χ0v) is 9.18. The Morgan fingerprint density at radius 1 is 1.07 bits per heavy atom. The third-order valence-corrected chi connectivity index (χ3v) is 3.31. The van der Waals surface area contributed by atoms with Gasteiger partial charge in [0, 0.05) is 4.88 Å². The van der Waals surface area contributed by atoms with Crippen molar-refractivity contribution in [1.82, 2.24) is 0 Å². The van der Waals surface area contributed by atoms with E-state index >= 15 is 0 Å². The average molecular weight is 202 g/mol. The molecular formula is C13H14S. The molecule has 0 aliphatic carbocycles. The van der Waals surface area contributed by atoms with Gasteiger partial charge in [-0.3, -0.25) is 0 Å². The van der Waals surface area contributed by atoms with Gasteiger partial charge in [-0.05, 0) is 29.0 Å². The van der Waals surface area contributed by atoms with Crippen molar-refractivity contribution in [3.63, 3.8) is 0 Å². The topological polar surface area (TPSA) is 0 Å². The predicted molar refractivity (Wildman–Crippen MR) is 63.8 cm³/mol. The fourth-order valence-electron chi connectivity index (χ4n) is 1.64. The Balaban J connectivity index is 2.37. The van der Waals surface area contributed by atoms with E-state index in [9.17, 15) is 0 Å². The molecule has 1 aromatic heterocycles. The summed E-state index contributed by atoms with van der Waals surface area (Å²) in [5.74, 6) is 0. The zero-order valence-electron chi connectivity index (χ0n) is 8.36. The summed E-state index contributed by atoms with van der Waals surface area (Å²) in [6.45, 7) is 2.23. The Morgan fingerprint density at radius 3 is 2.57 bits per heavy atom. The van der Waals surface area contributed by atoms with Crippen LogP contribution in [-0.2, 0) is 6.42 Å². The molecule has 2 aromatic rings. The van der Waals surface area contributed by atoms with Crippen LogP contribution in [0.5, 0.6) is 0 Å². The van der Waals surface area contributed by atoms with E-state index in [1.807, 2.05) is 11.3 Å². The highest BCUT2D eigenvalue weighted by Crippen LogP contribution is 2.29. The van der Waals surface area contributed by atoms with Crippen LogP contribution in [0.25, 0.3) is 10.4 Å². The molecule has 0 spiro atoms. The third-order valence-electron chi connectivity index (χ3n) is 2.30. The Hall–Kier alpha value is -1.08. The van der Waals surface area contributed by atoms with Crippen LogP contribution in [-0.4, -0.2) is 0 Å². The van der Waals surface area contributed by atoms with Crippen molar-refractivity contribution in [3.8, 4) is 10.4 Å². The van der Waals surface area contributed by atoms with Gasteiger partial charge in [0.1, 0.15) is 0 Å². The molecule has 0 radical (unpaired) electrons. The second kappa shape index (κ2) is 4.43. The van der Waals surface area contributed by atoms with E-state index < -0.39 is 0 Å². The molecule has 0 amide bonds. The second-order valence-electron chi connectivity index (χ2n) is 3.39. The molecule has 14 heavy (non-hydrogen) atoms. The molecular weight excluding hydrogens is 188 g/mol. The van der Waals surface area contributed by atoms with Crippen LogP contribution in [0.4, 0.5) is 0 Å². The van der Waals surface area contributed by atoms with Crippen molar-refractivity contribution in [3.05, 3.63) is 47.3 Å². The molecule has 72 valence electrons. The van der Waals surface area contributed by atoms with Gasteiger partial charge >= 0.3 is 0 Å². The van der Waals surface area contributed by atoms with E-state index in [1.54, 1.807) is 0 Å². The van der Waals surface area contributed by atoms with Gasteiger partial charge in [0.15, 0.2) is 0 Å². The second-order valence-corrected chi connectivity index (χ2v) is 4.31. The summed E-state index contributed by atoms with van der Waals surface area (Å²) >= 11 is 1.84. The van der Waals surface area contributed by atoms with Gasteiger partial charge in [0.2, 0.25) is 0 Å². The van der Waals surface area contributed by atoms with Gasteiger partial charge in [-0.25, -0.2) is 0 Å². The Kier molecular flexibility index (Phi) is 3.00. The predicted octanol–water partition coefficient (Wildman–Crippen LogP) is 4.37. The van der Waals surface area contributed by atoms with Gasteiger partial charge in [0.25, 0.3) is 0 Å². The maximum Gasteiger partial charge on any atom is 0.0374 e. The minimum atomic E-state index is 1.19. The number of benzene rings is 1. The monoisotopic (exact) mass is 202 g/mol. The van der Waals surface area contributed by atoms with Crippen LogP contribution < -0.4 is 0 Å². The molecule has 0 aliphatic heterocycles. The molecule has 0 nitrogen and oxygen atoms in total. The molecule has 0 saturated heterocycles. The summed E-state index contributed by atoms with van der Waals surface area (Å²) in [5.41, 5.74) is 2.84. The molecule has 0 saturated carbocycles. The van der Waals surface area contributed by atoms with E-state index in [0.29, 0.717) is 0 Å². The lowest BCUT2D eigenvalue weighted by atomic mass is 10.1. The number of thiophene rings is 1. The minimum absolute atomic E-state index is 1.19. The summed E-state index contributed by atoms with van der Waals surface area (Å²) in [4.78, 5) is 1.44. The fourth-order valence-corrected chi connectivity index (χ4v) is 2.61. The lowest BCUT2D eigenvalue weighted by Gasteiger charge is -2.01. The molecule has 0 fully saturated rings. The Bertz CT molecular complexity index is 387. The van der Waals surface area contributed by atoms with Crippen molar-refractivity contribution < 1.29 is 0 Å². The molecule has 0 atom stereocenters. The third kappa shape index (κ3) is 1.88. The highest BCUT2D eigenvalue weighted by Gasteiger charge is 2.04. The first-order valence-corrected chi connectivity index (χ1v) is 5.91. The highest BCUT2D eigenvalue weighted by atomic mass is 32.1. The molecule has 0 unspecified atom stereocenters. The van der Waals surface area contributed by atoms with Gasteiger partial charge in [-0.2, -0.15) is 0 Å². The van der Waals surface area contributed by atoms with Crippen molar-refractivity contribution in [2.24, 2.45) is 0 Å². The standard InChI is InChI=1S/C13H14S/c1-2-6-11-9-10-14-13(11)12-7-4-3-5-8-12/h3-5,7-10H,2,6H2,1H3. The molecule has 0 N–H and O–H groups in total. The van der Waals surface area contributed by atoms with Gasteiger partial charge in [0.05, 0.1) is 0 Å². The summed E-state index contributed by atoms with van der Waals surface area (Å²) in [7, 11) is 0. The fraction of sp³-hybridized carbons (Fsp3) is 0.231. The Morgan fingerprint density at radius 2 is 1.86 bits per heavy atom. The van der Waals surface area contributed by atoms with Crippen molar-refractivity contribution in [1.29, 1.82) is 0 Å². The zero-order chi connectivity index (χ0) is 9.80. The minimum Gasteiger partial charge on any atom is -0.144 e. The summed E-state index contributed by atoms with van der Waals surface area (Å²) < 4.78 is 0. The molecule has 1 heteroatoms. The van der Waals surface area contributed by atoms with E-state index in [4.69, 9.17) is 0 Å². The average Bonchev–Trinajstić information content (AvgIpc) is 2.68. The first-order valence-electron chi connectivity index (χ1n) is 5.03. The molecule has 1 heterocycles. The summed E-state index contributed by atoms with van der Waals surface area (Å²) in [6, 6.07) is 12.9. The molecule has 1 aromatic carbocycles. The van der Waals surface area contributed by atoms with Crippen molar-refractivity contribution in [2.75, 3.05) is 0 Å². The molecule has 2 rings (SSSR count). The van der Waals surface area contributed by atoms with E-state index in [2.05, 4.69) is 48.7 Å². The quantitative estimate of drug-likeness (QED) is 0.693. The maximum absolute atomic E-state index is 2.25. The molecule has 0 bridgehead atoms. The Labute approximate surface area is 89.2 Å². The molecule has 0 aliphatic rings. The number of rotatable bonds is 3. The first kappa shape index (κ1) is 9.47. The number of hydrogen-bond acceptors (Lipinski definition) is 1. The maximum atomic E-state index is 2.25. The highest BCUT2D eigenvalue weighted by molar-refractivity contribution is 7.13. The smallest absolute Gasteiger partial charge is 0.0374 e. The van der Waals surface area contributed by atoms with Crippen LogP contribution in [0.15, 0.2) is 41.8 Å². The lowest BCUT2D eigenvalue weighted by molar-refractivity contribution is 0.928. The van der Waals surface area contributed by atoms with E-state index in [-0.39, 0.29) is 0 Å². The van der Waals surface area contributed by atoms with Crippen LogP contribution in [0, 0.1) is 0 Å². The van der Waals surface area contributed by atoms with E-state index in [0.717, 1.165) is 0 Å². The van der Waals surface area contributed by atoms with Gasteiger partial charge in [-0.15, -0.1) is 11.3 Å². The van der Waals surface area contributed by atoms with Crippen LogP contribution in [0.3, 0.4) is 0 Å². The number of hydrogen-bond donors (Lipinski definition) is 0. The largest absolute Gasteiger partial charge is 0.144 e. The normalized spacial score (nSPS) is 10.4.